The Morgan fingerprint density at radius 3 is 2.51 bits per heavy atom. The van der Waals surface area contributed by atoms with E-state index in [1.807, 2.05) is 42.5 Å². The fourth-order valence-electron chi connectivity index (χ4n) is 5.21. The van der Waals surface area contributed by atoms with Crippen LogP contribution >= 0.6 is 0 Å². The Hall–Kier alpha value is -2.97. The van der Waals surface area contributed by atoms with Crippen LogP contribution in [0.15, 0.2) is 42.5 Å². The summed E-state index contributed by atoms with van der Waals surface area (Å²) in [6.45, 7) is 0.620. The minimum absolute atomic E-state index is 0.00907. The summed E-state index contributed by atoms with van der Waals surface area (Å²) in [6, 6.07) is 12.5. The lowest BCUT2D eigenvalue weighted by molar-refractivity contribution is -0.142. The van der Waals surface area contributed by atoms with Crippen LogP contribution in [0.3, 0.4) is 0 Å². The van der Waals surface area contributed by atoms with Crippen molar-refractivity contribution in [1.29, 1.82) is 0 Å². The van der Waals surface area contributed by atoms with Gasteiger partial charge < -0.3 is 26.4 Å². The molecule has 0 aromatic heterocycles. The number of aliphatic hydroxyl groups is 1. The van der Waals surface area contributed by atoms with Crippen molar-refractivity contribution in [3.63, 3.8) is 0 Å². The van der Waals surface area contributed by atoms with Crippen molar-refractivity contribution in [2.75, 3.05) is 19.6 Å². The molecule has 35 heavy (non-hydrogen) atoms. The standard InChI is InChI=1S/C27H36N4O4/c28-16-22(32)17-29-25(33)23(15-18-11-12-19-6-1-4-9-21(19)14-18)30-26(34)24-10-5-13-31(24)27(35)20-7-2-3-8-20/h1,4,6,9,11-12,14,20,22-24,32H,2-3,5,7-8,10,13,15-17,28H2,(H,29,33)(H,30,34)/t22?,23-,24?/m1/s1. The molecule has 1 aliphatic carbocycles. The van der Waals surface area contributed by atoms with Crippen molar-refractivity contribution in [3.8, 4) is 0 Å². The van der Waals surface area contributed by atoms with Gasteiger partial charge in [0.05, 0.1) is 6.10 Å². The van der Waals surface area contributed by atoms with Crippen molar-refractivity contribution < 1.29 is 19.5 Å². The van der Waals surface area contributed by atoms with Crippen LogP contribution < -0.4 is 16.4 Å². The average molecular weight is 481 g/mol. The first-order chi connectivity index (χ1) is 17.0. The quantitative estimate of drug-likeness (QED) is 0.433. The Kier molecular flexibility index (Phi) is 8.36. The number of hydrogen-bond acceptors (Lipinski definition) is 5. The molecule has 3 atom stereocenters. The lowest BCUT2D eigenvalue weighted by Gasteiger charge is -2.28. The Morgan fingerprint density at radius 1 is 1.03 bits per heavy atom. The molecule has 0 radical (unpaired) electrons. The number of nitrogens with zero attached hydrogens (tertiary/aromatic N) is 1. The highest BCUT2D eigenvalue weighted by Gasteiger charge is 2.39. The molecule has 4 rings (SSSR count). The summed E-state index contributed by atoms with van der Waals surface area (Å²) < 4.78 is 0. The van der Waals surface area contributed by atoms with Crippen molar-refractivity contribution in [1.82, 2.24) is 15.5 Å². The molecule has 1 heterocycles. The third-order valence-corrected chi connectivity index (χ3v) is 7.21. The first-order valence-electron chi connectivity index (χ1n) is 12.7. The Morgan fingerprint density at radius 2 is 1.77 bits per heavy atom. The number of rotatable bonds is 9. The Labute approximate surface area is 206 Å². The van der Waals surface area contributed by atoms with E-state index in [1.165, 1.54) is 0 Å². The number of nitrogens with two attached hydrogens (primary N) is 1. The van der Waals surface area contributed by atoms with Gasteiger partial charge in [0.2, 0.25) is 17.7 Å². The number of amides is 3. The van der Waals surface area contributed by atoms with Crippen LogP contribution in [0, 0.1) is 5.92 Å². The van der Waals surface area contributed by atoms with Gasteiger partial charge >= 0.3 is 0 Å². The predicted molar refractivity (Wildman–Crippen MR) is 134 cm³/mol. The molecule has 2 aliphatic rings. The van der Waals surface area contributed by atoms with Crippen LogP contribution in [-0.2, 0) is 20.8 Å². The summed E-state index contributed by atoms with van der Waals surface area (Å²) in [4.78, 5) is 41.1. The number of carbonyl (C=O) groups is 3. The second-order valence-electron chi connectivity index (χ2n) is 9.75. The van der Waals surface area contributed by atoms with E-state index < -0.39 is 18.2 Å². The first-order valence-corrected chi connectivity index (χ1v) is 12.7. The minimum atomic E-state index is -0.856. The van der Waals surface area contributed by atoms with Gasteiger partial charge in [-0.3, -0.25) is 14.4 Å². The van der Waals surface area contributed by atoms with Crippen LogP contribution in [0.1, 0.15) is 44.1 Å². The maximum atomic E-state index is 13.3. The number of fused-ring (bicyclic) bond motifs is 1. The molecule has 1 saturated carbocycles. The molecule has 8 heteroatoms. The highest BCUT2D eigenvalue weighted by Crippen LogP contribution is 2.30. The lowest BCUT2D eigenvalue weighted by Crippen LogP contribution is -2.55. The van der Waals surface area contributed by atoms with Gasteiger partial charge in [-0.1, -0.05) is 55.3 Å². The maximum absolute atomic E-state index is 13.3. The van der Waals surface area contributed by atoms with Gasteiger partial charge in [0.15, 0.2) is 0 Å². The van der Waals surface area contributed by atoms with Crippen molar-refractivity contribution in [3.05, 3.63) is 48.0 Å². The monoisotopic (exact) mass is 480 g/mol. The van der Waals surface area contributed by atoms with Crippen molar-refractivity contribution in [2.24, 2.45) is 11.7 Å². The van der Waals surface area contributed by atoms with Crippen LogP contribution in [-0.4, -0.2) is 65.5 Å². The molecule has 0 bridgehead atoms. The fourth-order valence-corrected chi connectivity index (χ4v) is 5.21. The summed E-state index contributed by atoms with van der Waals surface area (Å²) in [5.41, 5.74) is 6.37. The van der Waals surface area contributed by atoms with Crippen LogP contribution in [0.4, 0.5) is 0 Å². The van der Waals surface area contributed by atoms with E-state index in [9.17, 15) is 19.5 Å². The van der Waals surface area contributed by atoms with E-state index in [4.69, 9.17) is 5.73 Å². The number of carbonyl (C=O) groups excluding carboxylic acids is 3. The summed E-state index contributed by atoms with van der Waals surface area (Å²) in [6.07, 6.45) is 4.71. The molecule has 5 N–H and O–H groups in total. The highest BCUT2D eigenvalue weighted by atomic mass is 16.3. The van der Waals surface area contributed by atoms with Gasteiger partial charge in [0, 0.05) is 32.0 Å². The zero-order valence-corrected chi connectivity index (χ0v) is 20.1. The van der Waals surface area contributed by atoms with Crippen molar-refractivity contribution >= 4 is 28.5 Å². The van der Waals surface area contributed by atoms with Gasteiger partial charge in [0.1, 0.15) is 12.1 Å². The van der Waals surface area contributed by atoms with E-state index in [0.29, 0.717) is 19.4 Å². The second-order valence-corrected chi connectivity index (χ2v) is 9.75. The molecule has 188 valence electrons. The minimum Gasteiger partial charge on any atom is -0.390 e. The largest absolute Gasteiger partial charge is 0.390 e. The number of aliphatic hydroxyl groups excluding tert-OH is 1. The van der Waals surface area contributed by atoms with Gasteiger partial charge in [-0.2, -0.15) is 0 Å². The Balaban J connectivity index is 1.48. The highest BCUT2D eigenvalue weighted by molar-refractivity contribution is 5.93. The van der Waals surface area contributed by atoms with E-state index in [0.717, 1.165) is 48.4 Å². The summed E-state index contributed by atoms with van der Waals surface area (Å²) >= 11 is 0. The predicted octanol–water partition coefficient (Wildman–Crippen LogP) is 1.48. The molecule has 2 fully saturated rings. The normalized spacial score (nSPS) is 20.1. The molecule has 2 unspecified atom stereocenters. The van der Waals surface area contributed by atoms with Gasteiger partial charge in [-0.25, -0.2) is 0 Å². The zero-order chi connectivity index (χ0) is 24.8. The molecular formula is C27H36N4O4. The van der Waals surface area contributed by atoms with E-state index in [1.54, 1.807) is 4.90 Å². The molecule has 3 amide bonds. The summed E-state index contributed by atoms with van der Waals surface area (Å²) in [5, 5.41) is 17.5. The fraction of sp³-hybridized carbons (Fsp3) is 0.519. The molecule has 0 spiro atoms. The number of benzene rings is 2. The van der Waals surface area contributed by atoms with Crippen LogP contribution in [0.5, 0.6) is 0 Å². The Bertz CT molecular complexity index is 1050. The van der Waals surface area contributed by atoms with E-state index in [2.05, 4.69) is 10.6 Å². The van der Waals surface area contributed by atoms with Gasteiger partial charge in [-0.05, 0) is 42.0 Å². The number of likely N-dealkylation sites (tertiary alicyclic amines) is 1. The van der Waals surface area contributed by atoms with Crippen LogP contribution in [0.25, 0.3) is 10.8 Å². The average Bonchev–Trinajstić information content (AvgIpc) is 3.59. The zero-order valence-electron chi connectivity index (χ0n) is 20.1. The molecular weight excluding hydrogens is 444 g/mol. The summed E-state index contributed by atoms with van der Waals surface area (Å²) in [5.74, 6) is -0.598. The lowest BCUT2D eigenvalue weighted by atomic mass is 10.0. The van der Waals surface area contributed by atoms with Crippen molar-refractivity contribution in [2.45, 2.75) is 63.1 Å². The molecule has 8 nitrogen and oxygen atoms in total. The van der Waals surface area contributed by atoms with Gasteiger partial charge in [0.25, 0.3) is 0 Å². The number of nitrogens with one attached hydrogen (secondary N) is 2. The topological polar surface area (TPSA) is 125 Å². The maximum Gasteiger partial charge on any atom is 0.243 e. The van der Waals surface area contributed by atoms with Crippen LogP contribution in [0.2, 0.25) is 0 Å². The third-order valence-electron chi connectivity index (χ3n) is 7.21. The van der Waals surface area contributed by atoms with E-state index >= 15 is 0 Å². The molecule has 1 aliphatic heterocycles. The third kappa shape index (κ3) is 6.18. The molecule has 2 aromatic carbocycles. The number of hydrogen-bond donors (Lipinski definition) is 4. The first kappa shape index (κ1) is 25.1. The molecule has 1 saturated heterocycles. The van der Waals surface area contributed by atoms with E-state index in [-0.39, 0.29) is 36.7 Å². The van der Waals surface area contributed by atoms with Gasteiger partial charge in [-0.15, -0.1) is 0 Å². The molecule has 2 aromatic rings. The second kappa shape index (κ2) is 11.6. The smallest absolute Gasteiger partial charge is 0.243 e. The SMILES string of the molecule is NCC(O)CNC(=O)[C@@H](Cc1ccc2ccccc2c1)NC(=O)C1CCCN1C(=O)C1CCCC1. The summed E-state index contributed by atoms with van der Waals surface area (Å²) in [7, 11) is 0.